The third kappa shape index (κ3) is 4.49. The lowest BCUT2D eigenvalue weighted by Gasteiger charge is -2.19. The summed E-state index contributed by atoms with van der Waals surface area (Å²) >= 11 is 0. The number of ether oxygens (including phenoxy) is 1. The number of anilines is 1. The van der Waals surface area contributed by atoms with Crippen LogP contribution in [0.1, 0.15) is 12.2 Å². The molecule has 0 spiro atoms. The maximum Gasteiger partial charge on any atom is 0.211 e. The van der Waals surface area contributed by atoms with Crippen LogP contribution >= 0.6 is 0 Å². The predicted octanol–water partition coefficient (Wildman–Crippen LogP) is 3.12. The Bertz CT molecular complexity index is 721. The summed E-state index contributed by atoms with van der Waals surface area (Å²) in [6, 6.07) is 11.2. The van der Waals surface area contributed by atoms with E-state index in [-0.39, 0.29) is 6.10 Å². The number of rotatable bonds is 9. The topological polar surface area (TPSA) is 69.3 Å². The molecule has 2 heterocycles. The van der Waals surface area contributed by atoms with Crippen LogP contribution in [0.4, 0.5) is 5.69 Å². The maximum atomic E-state index is 10.5. The van der Waals surface area contributed by atoms with Crippen LogP contribution in [0.3, 0.4) is 0 Å². The highest BCUT2D eigenvalue weighted by atomic mass is 16.5. The summed E-state index contributed by atoms with van der Waals surface area (Å²) in [6.07, 6.45) is 9.39. The zero-order valence-electron chi connectivity index (χ0n) is 13.2. The number of aryl methyl sites for hydroxylation is 1. The molecule has 124 valence electrons. The van der Waals surface area contributed by atoms with Crippen LogP contribution in [0.5, 0.6) is 5.75 Å². The number of amides is 1. The van der Waals surface area contributed by atoms with Gasteiger partial charge >= 0.3 is 0 Å². The number of furan rings is 1. The van der Waals surface area contributed by atoms with E-state index in [1.165, 1.54) is 0 Å². The molecule has 0 bridgehead atoms. The van der Waals surface area contributed by atoms with E-state index in [0.717, 1.165) is 30.0 Å². The molecule has 24 heavy (non-hydrogen) atoms. The van der Waals surface area contributed by atoms with Crippen LogP contribution in [0.15, 0.2) is 65.8 Å². The molecule has 1 N–H and O–H groups in total. The standard InChI is InChI=1S/C18H19N3O3/c22-14-20-15-3-5-17(6-4-15)24-18(12-21-10-9-19-13-21)8-7-16-2-1-11-23-16/h1-6,9-11,13-14,18H,7-8,12H2,(H,20,22). The van der Waals surface area contributed by atoms with E-state index >= 15 is 0 Å². The number of nitrogens with zero attached hydrogens (tertiary/aromatic N) is 2. The molecule has 0 fully saturated rings. The lowest BCUT2D eigenvalue weighted by molar-refractivity contribution is -0.105. The molecule has 0 aliphatic heterocycles. The first-order valence-electron chi connectivity index (χ1n) is 7.78. The monoisotopic (exact) mass is 325 g/mol. The number of carbonyl (C=O) groups is 1. The number of imidazole rings is 1. The molecule has 6 heteroatoms. The van der Waals surface area contributed by atoms with Crippen LogP contribution < -0.4 is 10.1 Å². The first-order chi connectivity index (χ1) is 11.8. The highest BCUT2D eigenvalue weighted by Crippen LogP contribution is 2.19. The average molecular weight is 325 g/mol. The summed E-state index contributed by atoms with van der Waals surface area (Å²) in [6.45, 7) is 0.703. The molecule has 0 saturated carbocycles. The molecule has 3 aromatic rings. The van der Waals surface area contributed by atoms with Gasteiger partial charge in [-0.25, -0.2) is 4.98 Å². The van der Waals surface area contributed by atoms with Crippen molar-refractivity contribution in [3.8, 4) is 5.75 Å². The second kappa shape index (κ2) is 8.01. The van der Waals surface area contributed by atoms with Crippen molar-refractivity contribution < 1.29 is 13.9 Å². The second-order valence-electron chi connectivity index (χ2n) is 5.40. The maximum absolute atomic E-state index is 10.5. The number of carbonyl (C=O) groups excluding carboxylic acids is 1. The van der Waals surface area contributed by atoms with Crippen LogP contribution in [-0.4, -0.2) is 22.1 Å². The Balaban J connectivity index is 1.64. The fourth-order valence-corrected chi connectivity index (χ4v) is 2.47. The minimum absolute atomic E-state index is 0.0193. The van der Waals surface area contributed by atoms with Gasteiger partial charge in [-0.3, -0.25) is 4.79 Å². The van der Waals surface area contributed by atoms with E-state index in [4.69, 9.17) is 9.15 Å². The van der Waals surface area contributed by atoms with Crippen molar-refractivity contribution >= 4 is 12.1 Å². The van der Waals surface area contributed by atoms with Gasteiger partial charge in [-0.2, -0.15) is 0 Å². The number of hydrogen-bond donors (Lipinski definition) is 1. The highest BCUT2D eigenvalue weighted by Gasteiger charge is 2.13. The Morgan fingerprint density at radius 1 is 1.29 bits per heavy atom. The smallest absolute Gasteiger partial charge is 0.211 e. The summed E-state index contributed by atoms with van der Waals surface area (Å²) in [5, 5.41) is 2.61. The molecule has 6 nitrogen and oxygen atoms in total. The number of benzene rings is 1. The van der Waals surface area contributed by atoms with Gasteiger partial charge in [-0.05, 0) is 42.8 Å². The molecule has 2 aromatic heterocycles. The van der Waals surface area contributed by atoms with Crippen molar-refractivity contribution in [2.75, 3.05) is 5.32 Å². The first-order valence-corrected chi connectivity index (χ1v) is 7.78. The molecule has 3 rings (SSSR count). The third-order valence-electron chi connectivity index (χ3n) is 3.65. The minimum atomic E-state index is -0.0193. The van der Waals surface area contributed by atoms with Gasteiger partial charge in [-0.1, -0.05) is 0 Å². The summed E-state index contributed by atoms with van der Waals surface area (Å²) in [5.41, 5.74) is 0.735. The van der Waals surface area contributed by atoms with E-state index in [1.807, 2.05) is 47.2 Å². The van der Waals surface area contributed by atoms with Crippen molar-refractivity contribution in [3.63, 3.8) is 0 Å². The van der Waals surface area contributed by atoms with Crippen molar-refractivity contribution in [3.05, 3.63) is 67.1 Å². The average Bonchev–Trinajstić information content (AvgIpc) is 3.28. The fourth-order valence-electron chi connectivity index (χ4n) is 2.47. The van der Waals surface area contributed by atoms with E-state index in [2.05, 4.69) is 10.3 Å². The van der Waals surface area contributed by atoms with Crippen LogP contribution in [0.25, 0.3) is 0 Å². The summed E-state index contributed by atoms with van der Waals surface area (Å²) in [5.74, 6) is 1.70. The summed E-state index contributed by atoms with van der Waals surface area (Å²) in [7, 11) is 0. The van der Waals surface area contributed by atoms with Gasteiger partial charge in [0, 0.05) is 24.5 Å². The molecule has 1 aromatic carbocycles. The Labute approximate surface area is 140 Å². The zero-order chi connectivity index (χ0) is 16.6. The van der Waals surface area contributed by atoms with Crippen molar-refractivity contribution in [1.29, 1.82) is 0 Å². The fraction of sp³-hybridized carbons (Fsp3) is 0.222. The van der Waals surface area contributed by atoms with Crippen LogP contribution in [-0.2, 0) is 17.8 Å². The molecule has 0 saturated heterocycles. The Kier molecular flexibility index (Phi) is 5.29. The van der Waals surface area contributed by atoms with E-state index < -0.39 is 0 Å². The summed E-state index contributed by atoms with van der Waals surface area (Å²) in [4.78, 5) is 14.5. The molecule has 0 aliphatic carbocycles. The normalized spacial score (nSPS) is 11.8. The van der Waals surface area contributed by atoms with Gasteiger partial charge in [-0.15, -0.1) is 0 Å². The number of aromatic nitrogens is 2. The van der Waals surface area contributed by atoms with Gasteiger partial charge in [0.15, 0.2) is 0 Å². The quantitative estimate of drug-likeness (QED) is 0.614. The van der Waals surface area contributed by atoms with Gasteiger partial charge in [0.2, 0.25) is 6.41 Å². The number of nitrogens with one attached hydrogen (secondary N) is 1. The molecule has 1 atom stereocenters. The lowest BCUT2D eigenvalue weighted by atomic mass is 10.1. The van der Waals surface area contributed by atoms with Crippen molar-refractivity contribution in [2.45, 2.75) is 25.5 Å². The van der Waals surface area contributed by atoms with Gasteiger partial charge in [0.25, 0.3) is 0 Å². The molecule has 1 unspecified atom stereocenters. The summed E-state index contributed by atoms with van der Waals surface area (Å²) < 4.78 is 13.5. The van der Waals surface area contributed by atoms with E-state index in [9.17, 15) is 4.79 Å². The third-order valence-corrected chi connectivity index (χ3v) is 3.65. The second-order valence-corrected chi connectivity index (χ2v) is 5.40. The highest BCUT2D eigenvalue weighted by molar-refractivity contribution is 5.71. The van der Waals surface area contributed by atoms with E-state index in [0.29, 0.717) is 13.0 Å². The molecular formula is C18H19N3O3. The van der Waals surface area contributed by atoms with Crippen LogP contribution in [0.2, 0.25) is 0 Å². The first kappa shape index (κ1) is 15.9. The molecule has 0 aliphatic rings. The van der Waals surface area contributed by atoms with Crippen LogP contribution in [0, 0.1) is 0 Å². The van der Waals surface area contributed by atoms with Gasteiger partial charge in [0.05, 0.1) is 19.1 Å². The Hall–Kier alpha value is -3.02. The largest absolute Gasteiger partial charge is 0.489 e. The zero-order valence-corrected chi connectivity index (χ0v) is 13.2. The Morgan fingerprint density at radius 2 is 2.17 bits per heavy atom. The SMILES string of the molecule is O=CNc1ccc(OC(CCc2ccco2)Cn2ccnc2)cc1. The number of hydrogen-bond acceptors (Lipinski definition) is 4. The van der Waals surface area contributed by atoms with Gasteiger partial charge in [0.1, 0.15) is 17.6 Å². The van der Waals surface area contributed by atoms with Crippen molar-refractivity contribution in [2.24, 2.45) is 0 Å². The molecule has 1 amide bonds. The Morgan fingerprint density at radius 3 is 2.83 bits per heavy atom. The lowest BCUT2D eigenvalue weighted by Crippen LogP contribution is -2.23. The molecule has 0 radical (unpaired) electrons. The van der Waals surface area contributed by atoms with Crippen molar-refractivity contribution in [1.82, 2.24) is 9.55 Å². The predicted molar refractivity (Wildman–Crippen MR) is 89.8 cm³/mol. The van der Waals surface area contributed by atoms with Gasteiger partial charge < -0.3 is 19.0 Å². The van der Waals surface area contributed by atoms with E-state index in [1.54, 1.807) is 18.8 Å². The molecular weight excluding hydrogens is 306 g/mol. The minimum Gasteiger partial charge on any atom is -0.489 e.